The van der Waals surface area contributed by atoms with E-state index in [2.05, 4.69) is 39.8 Å². The quantitative estimate of drug-likeness (QED) is 0.806. The molecule has 0 aromatic heterocycles. The van der Waals surface area contributed by atoms with Crippen LogP contribution in [-0.4, -0.2) is 37.5 Å². The highest BCUT2D eigenvalue weighted by Gasteiger charge is 2.10. The van der Waals surface area contributed by atoms with E-state index in [1.807, 2.05) is 7.05 Å². The maximum atomic E-state index is 11.5. The molecule has 1 aromatic carbocycles. The Bertz CT molecular complexity index is 424. The summed E-state index contributed by atoms with van der Waals surface area (Å²) in [6.45, 7) is 4.84. The van der Waals surface area contributed by atoms with E-state index in [1.165, 1.54) is 37.9 Å². The van der Waals surface area contributed by atoms with Gasteiger partial charge in [0, 0.05) is 26.1 Å². The highest BCUT2D eigenvalue weighted by atomic mass is 16.1. The average molecular weight is 289 g/mol. The van der Waals surface area contributed by atoms with Gasteiger partial charge in [0.05, 0.1) is 0 Å². The van der Waals surface area contributed by atoms with E-state index in [4.69, 9.17) is 0 Å². The zero-order chi connectivity index (χ0) is 14.9. The molecule has 1 heterocycles. The summed E-state index contributed by atoms with van der Waals surface area (Å²) in [5.41, 5.74) is 2.53. The summed E-state index contributed by atoms with van der Waals surface area (Å²) in [4.78, 5) is 14.1. The molecule has 1 amide bonds. The van der Waals surface area contributed by atoms with Gasteiger partial charge in [0.15, 0.2) is 0 Å². The lowest BCUT2D eigenvalue weighted by atomic mass is 10.1. The second-order valence-electron chi connectivity index (χ2n) is 5.78. The monoisotopic (exact) mass is 289 g/mol. The lowest BCUT2D eigenvalue weighted by molar-refractivity contribution is -0.121. The Morgan fingerprint density at radius 1 is 1.10 bits per heavy atom. The number of amides is 1. The van der Waals surface area contributed by atoms with Crippen LogP contribution in [0, 0.1) is 0 Å². The van der Waals surface area contributed by atoms with Gasteiger partial charge in [0.2, 0.25) is 5.91 Å². The molecule has 0 spiro atoms. The Labute approximate surface area is 127 Å². The van der Waals surface area contributed by atoms with Crippen molar-refractivity contribution in [3.05, 3.63) is 35.4 Å². The van der Waals surface area contributed by atoms with Crippen LogP contribution in [0.15, 0.2) is 24.3 Å². The number of carbonyl (C=O) groups is 1. The second kappa shape index (κ2) is 8.80. The first-order chi connectivity index (χ1) is 10.3. The van der Waals surface area contributed by atoms with Gasteiger partial charge in [-0.25, -0.2) is 0 Å². The summed E-state index contributed by atoms with van der Waals surface area (Å²) in [5.74, 6) is 0.0988. The SMILES string of the molecule is CNCCC(=O)NCc1ccc(CN2CCCCC2)cc1. The van der Waals surface area contributed by atoms with E-state index in [0.717, 1.165) is 18.7 Å². The molecule has 1 aliphatic rings. The van der Waals surface area contributed by atoms with E-state index in [1.54, 1.807) is 0 Å². The zero-order valence-corrected chi connectivity index (χ0v) is 13.0. The number of piperidine rings is 1. The minimum atomic E-state index is 0.0988. The van der Waals surface area contributed by atoms with Gasteiger partial charge in [-0.05, 0) is 44.1 Å². The fraction of sp³-hybridized carbons (Fsp3) is 0.588. The molecule has 1 fully saturated rings. The maximum absolute atomic E-state index is 11.5. The van der Waals surface area contributed by atoms with Crippen molar-refractivity contribution in [3.8, 4) is 0 Å². The largest absolute Gasteiger partial charge is 0.352 e. The summed E-state index contributed by atoms with van der Waals surface area (Å²) in [5, 5.41) is 5.92. The number of hydrogen-bond acceptors (Lipinski definition) is 3. The summed E-state index contributed by atoms with van der Waals surface area (Å²) in [6, 6.07) is 8.61. The van der Waals surface area contributed by atoms with Crippen molar-refractivity contribution in [2.45, 2.75) is 38.8 Å². The number of likely N-dealkylation sites (tertiary alicyclic amines) is 1. The number of benzene rings is 1. The predicted octanol–water partition coefficient (Wildman–Crippen LogP) is 1.90. The third kappa shape index (κ3) is 5.86. The van der Waals surface area contributed by atoms with Crippen molar-refractivity contribution in [1.82, 2.24) is 15.5 Å². The molecule has 0 unspecified atom stereocenters. The summed E-state index contributed by atoms with van der Waals surface area (Å²) in [7, 11) is 1.86. The van der Waals surface area contributed by atoms with Crippen molar-refractivity contribution in [2.75, 3.05) is 26.7 Å². The van der Waals surface area contributed by atoms with Crippen LogP contribution in [0.4, 0.5) is 0 Å². The van der Waals surface area contributed by atoms with Gasteiger partial charge in [-0.3, -0.25) is 9.69 Å². The minimum absolute atomic E-state index is 0.0988. The number of nitrogens with zero attached hydrogens (tertiary/aromatic N) is 1. The number of carbonyl (C=O) groups excluding carboxylic acids is 1. The standard InChI is InChI=1S/C17H27N3O/c1-18-10-9-17(21)19-13-15-5-7-16(8-6-15)14-20-11-3-2-4-12-20/h5-8,18H,2-4,9-14H2,1H3,(H,19,21). The normalized spacial score (nSPS) is 15.9. The van der Waals surface area contributed by atoms with Gasteiger partial charge in [-0.15, -0.1) is 0 Å². The van der Waals surface area contributed by atoms with Gasteiger partial charge in [0.1, 0.15) is 0 Å². The number of rotatable bonds is 7. The van der Waals surface area contributed by atoms with Crippen molar-refractivity contribution >= 4 is 5.91 Å². The van der Waals surface area contributed by atoms with Gasteiger partial charge >= 0.3 is 0 Å². The molecule has 2 N–H and O–H groups in total. The Kier molecular flexibility index (Phi) is 6.70. The third-order valence-corrected chi connectivity index (χ3v) is 3.97. The van der Waals surface area contributed by atoms with E-state index in [-0.39, 0.29) is 5.91 Å². The Morgan fingerprint density at radius 3 is 2.43 bits per heavy atom. The van der Waals surface area contributed by atoms with Crippen LogP contribution in [0.2, 0.25) is 0 Å². The molecule has 0 atom stereocenters. The summed E-state index contributed by atoms with van der Waals surface area (Å²) >= 11 is 0. The second-order valence-corrected chi connectivity index (χ2v) is 5.78. The molecule has 4 heteroatoms. The van der Waals surface area contributed by atoms with Crippen molar-refractivity contribution < 1.29 is 4.79 Å². The van der Waals surface area contributed by atoms with Crippen LogP contribution < -0.4 is 10.6 Å². The molecule has 116 valence electrons. The molecule has 0 bridgehead atoms. The molecular weight excluding hydrogens is 262 g/mol. The average Bonchev–Trinajstić information content (AvgIpc) is 2.53. The molecular formula is C17H27N3O. The highest BCUT2D eigenvalue weighted by molar-refractivity contribution is 5.76. The summed E-state index contributed by atoms with van der Waals surface area (Å²) in [6.07, 6.45) is 4.57. The molecule has 21 heavy (non-hydrogen) atoms. The van der Waals surface area contributed by atoms with Crippen molar-refractivity contribution in [3.63, 3.8) is 0 Å². The van der Waals surface area contributed by atoms with E-state index >= 15 is 0 Å². The van der Waals surface area contributed by atoms with Crippen LogP contribution >= 0.6 is 0 Å². The van der Waals surface area contributed by atoms with Gasteiger partial charge in [0.25, 0.3) is 0 Å². The highest BCUT2D eigenvalue weighted by Crippen LogP contribution is 2.13. The van der Waals surface area contributed by atoms with Crippen LogP contribution in [0.5, 0.6) is 0 Å². The number of nitrogens with one attached hydrogen (secondary N) is 2. The van der Waals surface area contributed by atoms with E-state index in [0.29, 0.717) is 13.0 Å². The smallest absolute Gasteiger partial charge is 0.221 e. The number of hydrogen-bond donors (Lipinski definition) is 2. The topological polar surface area (TPSA) is 44.4 Å². The zero-order valence-electron chi connectivity index (χ0n) is 13.0. The lowest BCUT2D eigenvalue weighted by Gasteiger charge is -2.26. The van der Waals surface area contributed by atoms with Crippen molar-refractivity contribution in [2.24, 2.45) is 0 Å². The first-order valence-electron chi connectivity index (χ1n) is 7.99. The first kappa shape index (κ1) is 16.0. The molecule has 0 aliphatic carbocycles. The predicted molar refractivity (Wildman–Crippen MR) is 86.0 cm³/mol. The van der Waals surface area contributed by atoms with Crippen molar-refractivity contribution in [1.29, 1.82) is 0 Å². The lowest BCUT2D eigenvalue weighted by Crippen LogP contribution is -2.29. The molecule has 0 saturated carbocycles. The van der Waals surface area contributed by atoms with Crippen LogP contribution in [0.3, 0.4) is 0 Å². The molecule has 1 saturated heterocycles. The van der Waals surface area contributed by atoms with Crippen LogP contribution in [0.25, 0.3) is 0 Å². The van der Waals surface area contributed by atoms with Crippen LogP contribution in [-0.2, 0) is 17.9 Å². The Morgan fingerprint density at radius 2 is 1.76 bits per heavy atom. The third-order valence-electron chi connectivity index (χ3n) is 3.97. The van der Waals surface area contributed by atoms with Gasteiger partial charge in [-0.2, -0.15) is 0 Å². The first-order valence-corrected chi connectivity index (χ1v) is 7.99. The molecule has 4 nitrogen and oxygen atoms in total. The maximum Gasteiger partial charge on any atom is 0.221 e. The van der Waals surface area contributed by atoms with E-state index < -0.39 is 0 Å². The van der Waals surface area contributed by atoms with Gasteiger partial charge < -0.3 is 10.6 Å². The van der Waals surface area contributed by atoms with Gasteiger partial charge in [-0.1, -0.05) is 30.7 Å². The molecule has 2 rings (SSSR count). The molecule has 1 aromatic rings. The fourth-order valence-corrected chi connectivity index (χ4v) is 2.67. The Balaban J connectivity index is 1.74. The molecule has 0 radical (unpaired) electrons. The minimum Gasteiger partial charge on any atom is -0.352 e. The van der Waals surface area contributed by atoms with Crippen LogP contribution in [0.1, 0.15) is 36.8 Å². The molecule has 1 aliphatic heterocycles. The Hall–Kier alpha value is -1.39. The summed E-state index contributed by atoms with van der Waals surface area (Å²) < 4.78 is 0. The van der Waals surface area contributed by atoms with E-state index in [9.17, 15) is 4.79 Å². The fourth-order valence-electron chi connectivity index (χ4n) is 2.67.